The second kappa shape index (κ2) is 5.29. The van der Waals surface area contributed by atoms with Crippen LogP contribution in [-0.4, -0.2) is 34.3 Å². The van der Waals surface area contributed by atoms with Gasteiger partial charge < -0.3 is 10.2 Å². The highest BCUT2D eigenvalue weighted by Gasteiger charge is 2.47. The summed E-state index contributed by atoms with van der Waals surface area (Å²) in [6, 6.07) is -0.189. The molecule has 2 amide bonds. The molecule has 0 aromatic rings. The van der Waals surface area contributed by atoms with Crippen LogP contribution in [0.15, 0.2) is 0 Å². The minimum atomic E-state index is -0.787. The van der Waals surface area contributed by atoms with Gasteiger partial charge in [0.1, 0.15) is 11.6 Å². The third-order valence-corrected chi connectivity index (χ3v) is 3.78. The number of rotatable bonds is 4. The van der Waals surface area contributed by atoms with Crippen LogP contribution in [0.25, 0.3) is 0 Å². The van der Waals surface area contributed by atoms with Crippen LogP contribution in [0.1, 0.15) is 54.4 Å². The first-order valence-electron chi connectivity index (χ1n) is 6.91. The monoisotopic (exact) mass is 254 g/mol. The number of amides is 2. The van der Waals surface area contributed by atoms with Crippen molar-refractivity contribution in [2.24, 2.45) is 5.92 Å². The topological polar surface area (TPSA) is 49.4 Å². The van der Waals surface area contributed by atoms with Gasteiger partial charge in [0.05, 0.1) is 0 Å². The molecule has 2 atom stereocenters. The number of hydrogen-bond donors (Lipinski definition) is 1. The Labute approximate surface area is 110 Å². The number of carbonyl (C=O) groups excluding carboxylic acids is 2. The van der Waals surface area contributed by atoms with Crippen molar-refractivity contribution < 1.29 is 9.59 Å². The largest absolute Gasteiger partial charge is 0.340 e. The first-order valence-corrected chi connectivity index (χ1v) is 6.91. The van der Waals surface area contributed by atoms with E-state index < -0.39 is 5.54 Å². The molecule has 1 rings (SSSR count). The smallest absolute Gasteiger partial charge is 0.248 e. The molecule has 18 heavy (non-hydrogen) atoms. The highest BCUT2D eigenvalue weighted by atomic mass is 16.2. The molecule has 0 bridgehead atoms. The Bertz CT molecular complexity index is 337. The molecule has 2 unspecified atom stereocenters. The van der Waals surface area contributed by atoms with Gasteiger partial charge in [0.25, 0.3) is 0 Å². The summed E-state index contributed by atoms with van der Waals surface area (Å²) in [6.07, 6.45) is 1.54. The highest BCUT2D eigenvalue weighted by molar-refractivity contribution is 5.99. The minimum Gasteiger partial charge on any atom is -0.340 e. The van der Waals surface area contributed by atoms with Crippen LogP contribution in [0.3, 0.4) is 0 Å². The summed E-state index contributed by atoms with van der Waals surface area (Å²) in [6.45, 7) is 11.8. The average molecular weight is 254 g/mol. The lowest BCUT2D eigenvalue weighted by Gasteiger charge is -2.47. The molecule has 104 valence electrons. The molecule has 1 aliphatic rings. The van der Waals surface area contributed by atoms with Crippen LogP contribution in [0.2, 0.25) is 0 Å². The van der Waals surface area contributed by atoms with Gasteiger partial charge in [-0.2, -0.15) is 0 Å². The van der Waals surface area contributed by atoms with Gasteiger partial charge >= 0.3 is 0 Å². The van der Waals surface area contributed by atoms with E-state index in [4.69, 9.17) is 0 Å². The Kier molecular flexibility index (Phi) is 4.41. The second-order valence-corrected chi connectivity index (χ2v) is 5.97. The van der Waals surface area contributed by atoms with Crippen molar-refractivity contribution in [2.75, 3.05) is 0 Å². The number of carbonyl (C=O) groups is 2. The number of piperazine rings is 1. The Hall–Kier alpha value is -1.06. The van der Waals surface area contributed by atoms with Crippen molar-refractivity contribution >= 4 is 11.8 Å². The van der Waals surface area contributed by atoms with Gasteiger partial charge in [-0.1, -0.05) is 27.7 Å². The second-order valence-electron chi connectivity index (χ2n) is 5.97. The van der Waals surface area contributed by atoms with Gasteiger partial charge in [-0.05, 0) is 32.6 Å². The molecule has 4 heteroatoms. The zero-order chi connectivity index (χ0) is 14.1. The molecule has 1 fully saturated rings. The Balaban J connectivity index is 3.15. The van der Waals surface area contributed by atoms with Crippen LogP contribution in [0.4, 0.5) is 0 Å². The fourth-order valence-corrected chi connectivity index (χ4v) is 2.79. The molecule has 0 aromatic heterocycles. The zero-order valence-corrected chi connectivity index (χ0v) is 12.4. The molecule has 0 saturated carbocycles. The Morgan fingerprint density at radius 1 is 1.28 bits per heavy atom. The molecular weight excluding hydrogens is 228 g/mol. The van der Waals surface area contributed by atoms with Crippen molar-refractivity contribution in [1.29, 1.82) is 0 Å². The molecular formula is C14H26N2O2. The molecule has 1 N–H and O–H groups in total. The van der Waals surface area contributed by atoms with E-state index in [2.05, 4.69) is 26.1 Å². The first kappa shape index (κ1) is 15.0. The van der Waals surface area contributed by atoms with Gasteiger partial charge in [-0.25, -0.2) is 0 Å². The maximum Gasteiger partial charge on any atom is 0.248 e. The van der Waals surface area contributed by atoms with Crippen LogP contribution in [-0.2, 0) is 9.59 Å². The molecule has 4 nitrogen and oxygen atoms in total. The third-order valence-electron chi connectivity index (χ3n) is 3.78. The summed E-state index contributed by atoms with van der Waals surface area (Å²) in [5, 5.41) is 2.82. The average Bonchev–Trinajstić information content (AvgIpc) is 2.25. The maximum atomic E-state index is 12.6. The van der Waals surface area contributed by atoms with Crippen molar-refractivity contribution in [1.82, 2.24) is 10.2 Å². The first-order chi connectivity index (χ1) is 8.26. The lowest BCUT2D eigenvalue weighted by atomic mass is 9.90. The SMILES string of the molecule is CCC1C(=O)NC(C)(C)C(=O)N1C(CC)C(C)C. The lowest BCUT2D eigenvalue weighted by Crippen LogP contribution is -2.70. The fraction of sp³-hybridized carbons (Fsp3) is 0.857. The number of nitrogens with zero attached hydrogens (tertiary/aromatic N) is 1. The van der Waals surface area contributed by atoms with E-state index in [1.165, 1.54) is 0 Å². The maximum absolute atomic E-state index is 12.6. The van der Waals surface area contributed by atoms with Gasteiger partial charge in [-0.3, -0.25) is 9.59 Å². The molecule has 0 aromatic carbocycles. The van der Waals surface area contributed by atoms with Gasteiger partial charge in [0.15, 0.2) is 0 Å². The number of nitrogens with one attached hydrogen (secondary N) is 1. The van der Waals surface area contributed by atoms with Gasteiger partial charge in [0.2, 0.25) is 11.8 Å². The minimum absolute atomic E-state index is 0.0267. The van der Waals surface area contributed by atoms with E-state index in [0.29, 0.717) is 12.3 Å². The van der Waals surface area contributed by atoms with E-state index in [1.54, 1.807) is 13.8 Å². The summed E-state index contributed by atoms with van der Waals surface area (Å²) in [4.78, 5) is 26.5. The standard InChI is InChI=1S/C14H26N2O2/c1-7-10(9(3)4)16-11(8-2)12(17)15-14(5,6)13(16)18/h9-11H,7-8H2,1-6H3,(H,15,17). The van der Waals surface area contributed by atoms with Crippen molar-refractivity contribution in [3.8, 4) is 0 Å². The van der Waals surface area contributed by atoms with E-state index in [9.17, 15) is 9.59 Å². The summed E-state index contributed by atoms with van der Waals surface area (Å²) >= 11 is 0. The van der Waals surface area contributed by atoms with E-state index in [0.717, 1.165) is 6.42 Å². The predicted molar refractivity (Wildman–Crippen MR) is 72.1 cm³/mol. The molecule has 1 saturated heterocycles. The van der Waals surface area contributed by atoms with Crippen LogP contribution >= 0.6 is 0 Å². The summed E-state index contributed by atoms with van der Waals surface area (Å²) in [5.41, 5.74) is -0.787. The summed E-state index contributed by atoms with van der Waals surface area (Å²) in [7, 11) is 0. The molecule has 0 spiro atoms. The molecule has 1 heterocycles. The van der Waals surface area contributed by atoms with Crippen molar-refractivity contribution in [3.63, 3.8) is 0 Å². The normalized spacial score (nSPS) is 25.3. The Morgan fingerprint density at radius 3 is 2.22 bits per heavy atom. The van der Waals surface area contributed by atoms with Gasteiger partial charge in [0, 0.05) is 6.04 Å². The van der Waals surface area contributed by atoms with Crippen LogP contribution in [0.5, 0.6) is 0 Å². The van der Waals surface area contributed by atoms with E-state index in [-0.39, 0.29) is 23.9 Å². The van der Waals surface area contributed by atoms with Gasteiger partial charge in [-0.15, -0.1) is 0 Å². The van der Waals surface area contributed by atoms with Crippen LogP contribution in [0, 0.1) is 5.92 Å². The van der Waals surface area contributed by atoms with Crippen molar-refractivity contribution in [2.45, 2.75) is 72.0 Å². The fourth-order valence-electron chi connectivity index (χ4n) is 2.79. The van der Waals surface area contributed by atoms with E-state index in [1.807, 2.05) is 11.8 Å². The summed E-state index contributed by atoms with van der Waals surface area (Å²) < 4.78 is 0. The quantitative estimate of drug-likeness (QED) is 0.833. The lowest BCUT2D eigenvalue weighted by molar-refractivity contribution is -0.157. The molecule has 0 radical (unpaired) electrons. The zero-order valence-electron chi connectivity index (χ0n) is 12.4. The summed E-state index contributed by atoms with van der Waals surface area (Å²) in [5.74, 6) is 0.366. The molecule has 1 aliphatic heterocycles. The van der Waals surface area contributed by atoms with E-state index >= 15 is 0 Å². The molecule has 0 aliphatic carbocycles. The predicted octanol–water partition coefficient (Wildman–Crippen LogP) is 1.94. The third kappa shape index (κ3) is 2.52. The highest BCUT2D eigenvalue weighted by Crippen LogP contribution is 2.26. The van der Waals surface area contributed by atoms with Crippen molar-refractivity contribution in [3.05, 3.63) is 0 Å². The Morgan fingerprint density at radius 2 is 1.83 bits per heavy atom. The van der Waals surface area contributed by atoms with Crippen LogP contribution < -0.4 is 5.32 Å². The number of hydrogen-bond acceptors (Lipinski definition) is 2.